The summed E-state index contributed by atoms with van der Waals surface area (Å²) < 4.78 is 0. The molecule has 19 heavy (non-hydrogen) atoms. The van der Waals surface area contributed by atoms with E-state index >= 15 is 0 Å². The molecule has 0 saturated carbocycles. The minimum absolute atomic E-state index is 0.108. The van der Waals surface area contributed by atoms with Gasteiger partial charge in [-0.25, -0.2) is 0 Å². The first-order chi connectivity index (χ1) is 8.88. The third kappa shape index (κ3) is 6.22. The molecule has 0 aliphatic rings. The smallest absolute Gasteiger partial charge is 0.0424 e. The van der Waals surface area contributed by atoms with E-state index in [0.717, 1.165) is 19.5 Å². The topological polar surface area (TPSA) is 29.3 Å². The zero-order chi connectivity index (χ0) is 14.4. The average Bonchev–Trinajstić information content (AvgIpc) is 2.27. The lowest BCUT2D eigenvalue weighted by atomic mass is 9.99. The fourth-order valence-corrected chi connectivity index (χ4v) is 2.51. The van der Waals surface area contributed by atoms with Crippen LogP contribution in [0, 0.1) is 11.8 Å². The Balaban J connectivity index is 2.55. The first-order valence-electron chi connectivity index (χ1n) is 7.41. The van der Waals surface area contributed by atoms with Crippen molar-refractivity contribution in [2.75, 3.05) is 20.1 Å². The second kappa shape index (κ2) is 7.66. The largest absolute Gasteiger partial charge is 0.323 e. The van der Waals surface area contributed by atoms with Gasteiger partial charge in [0.05, 0.1) is 0 Å². The minimum Gasteiger partial charge on any atom is -0.323 e. The molecule has 1 aromatic carbocycles. The van der Waals surface area contributed by atoms with E-state index in [9.17, 15) is 0 Å². The Bertz CT molecular complexity index is 354. The molecule has 0 aromatic heterocycles. The summed E-state index contributed by atoms with van der Waals surface area (Å²) in [5.74, 6) is 1.39. The van der Waals surface area contributed by atoms with Gasteiger partial charge in [0.2, 0.25) is 0 Å². The maximum atomic E-state index is 6.28. The Hall–Kier alpha value is -0.860. The van der Waals surface area contributed by atoms with E-state index in [0.29, 0.717) is 11.8 Å². The highest BCUT2D eigenvalue weighted by molar-refractivity contribution is 5.25. The van der Waals surface area contributed by atoms with Crippen LogP contribution in [0.3, 0.4) is 0 Å². The van der Waals surface area contributed by atoms with Crippen LogP contribution in [0.15, 0.2) is 24.3 Å². The summed E-state index contributed by atoms with van der Waals surface area (Å²) in [7, 11) is 2.15. The van der Waals surface area contributed by atoms with Gasteiger partial charge in [-0.3, -0.25) is 0 Å². The molecule has 0 aliphatic carbocycles. The SMILES string of the molecule is CC(C)Cc1ccc(C(N)CN(C)CC(C)C)cc1. The van der Waals surface area contributed by atoms with Crippen LogP contribution in [-0.4, -0.2) is 25.0 Å². The predicted molar refractivity (Wildman–Crippen MR) is 84.2 cm³/mol. The van der Waals surface area contributed by atoms with Crippen molar-refractivity contribution in [2.24, 2.45) is 17.6 Å². The molecule has 1 atom stereocenters. The molecule has 0 amide bonds. The molecule has 1 aromatic rings. The van der Waals surface area contributed by atoms with Gasteiger partial charge in [-0.1, -0.05) is 52.0 Å². The Kier molecular flexibility index (Phi) is 6.53. The average molecular weight is 262 g/mol. The van der Waals surface area contributed by atoms with Gasteiger partial charge in [0, 0.05) is 19.1 Å². The van der Waals surface area contributed by atoms with Crippen molar-refractivity contribution in [3.05, 3.63) is 35.4 Å². The Morgan fingerprint density at radius 1 is 0.947 bits per heavy atom. The van der Waals surface area contributed by atoms with E-state index in [4.69, 9.17) is 5.73 Å². The molecule has 0 radical (unpaired) electrons. The zero-order valence-corrected chi connectivity index (χ0v) is 13.2. The van der Waals surface area contributed by atoms with Crippen molar-refractivity contribution in [3.63, 3.8) is 0 Å². The van der Waals surface area contributed by atoms with Gasteiger partial charge in [0.25, 0.3) is 0 Å². The van der Waals surface area contributed by atoms with E-state index in [-0.39, 0.29) is 6.04 Å². The standard InChI is InChI=1S/C17H30N2/c1-13(2)10-15-6-8-16(9-7-15)17(18)12-19(5)11-14(3)4/h6-9,13-14,17H,10-12,18H2,1-5H3. The molecule has 108 valence electrons. The van der Waals surface area contributed by atoms with E-state index in [2.05, 4.69) is 63.9 Å². The van der Waals surface area contributed by atoms with Crippen LogP contribution in [0.25, 0.3) is 0 Å². The minimum atomic E-state index is 0.108. The summed E-state index contributed by atoms with van der Waals surface area (Å²) in [6.45, 7) is 11.0. The van der Waals surface area contributed by atoms with Crippen LogP contribution < -0.4 is 5.73 Å². The summed E-state index contributed by atoms with van der Waals surface area (Å²) in [5.41, 5.74) is 8.92. The lowest BCUT2D eigenvalue weighted by Crippen LogP contribution is -2.31. The second-order valence-electron chi connectivity index (χ2n) is 6.56. The first-order valence-corrected chi connectivity index (χ1v) is 7.41. The summed E-state index contributed by atoms with van der Waals surface area (Å²) in [6.07, 6.45) is 1.14. The molecule has 2 heteroatoms. The quantitative estimate of drug-likeness (QED) is 0.815. The molecule has 1 rings (SSSR count). The Morgan fingerprint density at radius 2 is 1.53 bits per heavy atom. The monoisotopic (exact) mass is 262 g/mol. The molecule has 0 bridgehead atoms. The maximum absolute atomic E-state index is 6.28. The highest BCUT2D eigenvalue weighted by atomic mass is 15.1. The predicted octanol–water partition coefficient (Wildman–Crippen LogP) is 3.47. The van der Waals surface area contributed by atoms with Crippen molar-refractivity contribution in [1.82, 2.24) is 4.90 Å². The number of likely N-dealkylation sites (N-methyl/N-ethyl adjacent to an activating group) is 1. The maximum Gasteiger partial charge on any atom is 0.0424 e. The fourth-order valence-electron chi connectivity index (χ4n) is 2.51. The van der Waals surface area contributed by atoms with Gasteiger partial charge in [0.1, 0.15) is 0 Å². The van der Waals surface area contributed by atoms with Gasteiger partial charge in [0.15, 0.2) is 0 Å². The summed E-state index contributed by atoms with van der Waals surface area (Å²) >= 11 is 0. The van der Waals surface area contributed by atoms with Crippen LogP contribution in [-0.2, 0) is 6.42 Å². The van der Waals surface area contributed by atoms with Crippen molar-refractivity contribution in [3.8, 4) is 0 Å². The lowest BCUT2D eigenvalue weighted by Gasteiger charge is -2.23. The summed E-state index contributed by atoms with van der Waals surface area (Å²) in [4.78, 5) is 2.32. The molecule has 0 aliphatic heterocycles. The van der Waals surface area contributed by atoms with Crippen LogP contribution in [0.5, 0.6) is 0 Å². The third-order valence-electron chi connectivity index (χ3n) is 3.24. The number of benzene rings is 1. The van der Waals surface area contributed by atoms with Gasteiger partial charge >= 0.3 is 0 Å². The normalized spacial score (nSPS) is 13.5. The molecule has 1 unspecified atom stereocenters. The molecule has 2 nitrogen and oxygen atoms in total. The number of nitrogens with zero attached hydrogens (tertiary/aromatic N) is 1. The molecule has 0 saturated heterocycles. The molecule has 0 spiro atoms. The fraction of sp³-hybridized carbons (Fsp3) is 0.647. The van der Waals surface area contributed by atoms with Crippen molar-refractivity contribution in [2.45, 2.75) is 40.2 Å². The van der Waals surface area contributed by atoms with Crippen LogP contribution >= 0.6 is 0 Å². The highest BCUT2D eigenvalue weighted by Gasteiger charge is 2.10. The van der Waals surface area contributed by atoms with Crippen molar-refractivity contribution in [1.29, 1.82) is 0 Å². The van der Waals surface area contributed by atoms with E-state index in [1.165, 1.54) is 11.1 Å². The van der Waals surface area contributed by atoms with E-state index < -0.39 is 0 Å². The molecular formula is C17H30N2. The van der Waals surface area contributed by atoms with Gasteiger partial charge in [-0.05, 0) is 36.4 Å². The number of nitrogens with two attached hydrogens (primary N) is 1. The molecule has 0 fully saturated rings. The number of hydrogen-bond donors (Lipinski definition) is 1. The number of rotatable bonds is 7. The van der Waals surface area contributed by atoms with E-state index in [1.807, 2.05) is 0 Å². The number of hydrogen-bond acceptors (Lipinski definition) is 2. The second-order valence-corrected chi connectivity index (χ2v) is 6.56. The van der Waals surface area contributed by atoms with Gasteiger partial charge < -0.3 is 10.6 Å². The van der Waals surface area contributed by atoms with Gasteiger partial charge in [-0.15, -0.1) is 0 Å². The molecule has 0 heterocycles. The lowest BCUT2D eigenvalue weighted by molar-refractivity contribution is 0.279. The van der Waals surface area contributed by atoms with E-state index in [1.54, 1.807) is 0 Å². The van der Waals surface area contributed by atoms with Crippen molar-refractivity contribution < 1.29 is 0 Å². The zero-order valence-electron chi connectivity index (χ0n) is 13.2. The summed E-state index contributed by atoms with van der Waals surface area (Å²) in [6, 6.07) is 8.92. The molecule has 2 N–H and O–H groups in total. The first kappa shape index (κ1) is 16.2. The van der Waals surface area contributed by atoms with Crippen molar-refractivity contribution >= 4 is 0 Å². The Morgan fingerprint density at radius 3 is 2.00 bits per heavy atom. The van der Waals surface area contributed by atoms with Crippen LogP contribution in [0.4, 0.5) is 0 Å². The highest BCUT2D eigenvalue weighted by Crippen LogP contribution is 2.15. The van der Waals surface area contributed by atoms with Gasteiger partial charge in [-0.2, -0.15) is 0 Å². The Labute approximate surface area is 119 Å². The van der Waals surface area contributed by atoms with Crippen LogP contribution in [0.1, 0.15) is 44.9 Å². The summed E-state index contributed by atoms with van der Waals surface area (Å²) in [5, 5.41) is 0. The third-order valence-corrected chi connectivity index (χ3v) is 3.24. The van der Waals surface area contributed by atoms with Crippen LogP contribution in [0.2, 0.25) is 0 Å². The molecular weight excluding hydrogens is 232 g/mol.